The van der Waals surface area contributed by atoms with Gasteiger partial charge in [0.15, 0.2) is 0 Å². The summed E-state index contributed by atoms with van der Waals surface area (Å²) in [5.41, 5.74) is 2.57. The lowest BCUT2D eigenvalue weighted by Crippen LogP contribution is -2.45. The van der Waals surface area contributed by atoms with Gasteiger partial charge in [0, 0.05) is 30.6 Å². The third kappa shape index (κ3) is 5.34. The van der Waals surface area contributed by atoms with E-state index >= 15 is 0 Å². The number of hydrogen-bond acceptors (Lipinski definition) is 4. The van der Waals surface area contributed by atoms with Crippen molar-refractivity contribution in [1.82, 2.24) is 10.2 Å². The van der Waals surface area contributed by atoms with Crippen LogP contribution in [0.15, 0.2) is 34.2 Å². The second kappa shape index (κ2) is 10.00. The van der Waals surface area contributed by atoms with Crippen LogP contribution in [0.25, 0.3) is 4.91 Å². The van der Waals surface area contributed by atoms with E-state index in [9.17, 15) is 13.2 Å². The highest BCUT2D eigenvalue weighted by atomic mass is 32.2. The largest absolute Gasteiger partial charge is 0.356 e. The van der Waals surface area contributed by atoms with Crippen LogP contribution in [0.5, 0.6) is 0 Å². The number of benzene rings is 1. The minimum Gasteiger partial charge on any atom is -0.356 e. The number of carbonyl (C=O) groups excluding carboxylic acids is 1. The van der Waals surface area contributed by atoms with E-state index in [2.05, 4.69) is 23.6 Å². The van der Waals surface area contributed by atoms with Crippen LogP contribution >= 0.6 is 0 Å². The number of nitrogens with one attached hydrogen (secondary N) is 1. The Bertz CT molecular complexity index is 1030. The van der Waals surface area contributed by atoms with Gasteiger partial charge in [-0.2, -0.15) is 8.42 Å². The minimum atomic E-state index is -3.73. The van der Waals surface area contributed by atoms with Crippen LogP contribution in [-0.2, 0) is 14.8 Å². The van der Waals surface area contributed by atoms with Gasteiger partial charge in [0.2, 0.25) is 5.91 Å². The smallest absolute Gasteiger partial charge is 0.285 e. The third-order valence-corrected chi connectivity index (χ3v) is 8.82. The van der Waals surface area contributed by atoms with E-state index in [0.29, 0.717) is 46.9 Å². The zero-order valence-electron chi connectivity index (χ0n) is 20.1. The lowest BCUT2D eigenvalue weighted by Gasteiger charge is -2.33. The van der Waals surface area contributed by atoms with E-state index < -0.39 is 10.0 Å². The molecule has 2 fully saturated rings. The molecular formula is C26H37N3O3S. The van der Waals surface area contributed by atoms with E-state index in [1.165, 1.54) is 31.2 Å². The number of rotatable bonds is 4. The van der Waals surface area contributed by atoms with E-state index in [4.69, 9.17) is 0 Å². The highest BCUT2D eigenvalue weighted by molar-refractivity contribution is 8.00. The predicted molar refractivity (Wildman–Crippen MR) is 133 cm³/mol. The summed E-state index contributed by atoms with van der Waals surface area (Å²) in [6.45, 7) is 7.38. The average Bonchev–Trinajstić information content (AvgIpc) is 2.94. The zero-order chi connectivity index (χ0) is 23.6. The second-order valence-corrected chi connectivity index (χ2v) is 11.6. The monoisotopic (exact) mass is 471 g/mol. The van der Waals surface area contributed by atoms with Gasteiger partial charge in [-0.3, -0.25) is 4.79 Å². The summed E-state index contributed by atoms with van der Waals surface area (Å²) in [5, 5.41) is 3.28. The van der Waals surface area contributed by atoms with Crippen LogP contribution in [-0.4, -0.2) is 44.2 Å². The van der Waals surface area contributed by atoms with Crippen molar-refractivity contribution in [2.45, 2.75) is 84.1 Å². The highest BCUT2D eigenvalue weighted by Gasteiger charge is 2.36. The fourth-order valence-corrected chi connectivity index (χ4v) is 6.78. The first-order chi connectivity index (χ1) is 15.8. The number of nitrogens with zero attached hydrogens (tertiary/aromatic N) is 2. The Kier molecular flexibility index (Phi) is 7.27. The van der Waals surface area contributed by atoms with Crippen LogP contribution in [0.2, 0.25) is 0 Å². The van der Waals surface area contributed by atoms with Crippen LogP contribution < -0.4 is 5.32 Å². The highest BCUT2D eigenvalue weighted by Crippen LogP contribution is 2.35. The Hall–Kier alpha value is -2.15. The fourth-order valence-electron chi connectivity index (χ4n) is 5.30. The van der Waals surface area contributed by atoms with Crippen molar-refractivity contribution in [3.63, 3.8) is 0 Å². The maximum Gasteiger partial charge on any atom is 0.285 e. The number of amidine groups is 1. The molecule has 1 saturated heterocycles. The molecule has 3 aliphatic rings. The summed E-state index contributed by atoms with van der Waals surface area (Å²) in [4.78, 5) is 15.2. The first-order valence-corrected chi connectivity index (χ1v) is 13.9. The molecule has 0 radical (unpaired) electrons. The number of sulfonamides is 1. The number of likely N-dealkylation sites (tertiary alicyclic amines) is 1. The van der Waals surface area contributed by atoms with Crippen molar-refractivity contribution < 1.29 is 13.2 Å². The molecule has 0 bridgehead atoms. The van der Waals surface area contributed by atoms with E-state index in [1.807, 2.05) is 36.1 Å². The number of amides is 1. The molecule has 0 unspecified atom stereocenters. The normalized spacial score (nSPS) is 22.4. The lowest BCUT2D eigenvalue weighted by molar-refractivity contribution is -0.127. The summed E-state index contributed by atoms with van der Waals surface area (Å²) >= 11 is 0. The molecule has 0 aromatic heterocycles. The molecule has 4 rings (SSSR count). The Balaban J connectivity index is 1.42. The van der Waals surface area contributed by atoms with Gasteiger partial charge in [0.05, 0.1) is 0 Å². The van der Waals surface area contributed by atoms with Gasteiger partial charge in [0.1, 0.15) is 10.7 Å². The zero-order valence-corrected chi connectivity index (χ0v) is 21.0. The molecule has 2 aliphatic heterocycles. The molecule has 33 heavy (non-hydrogen) atoms. The van der Waals surface area contributed by atoms with Crippen molar-refractivity contribution in [3.05, 3.63) is 41.0 Å². The van der Waals surface area contributed by atoms with Crippen molar-refractivity contribution in [2.75, 3.05) is 13.1 Å². The Morgan fingerprint density at radius 1 is 1.00 bits per heavy atom. The first-order valence-electron chi connectivity index (χ1n) is 12.5. The van der Waals surface area contributed by atoms with Gasteiger partial charge in [0.25, 0.3) is 10.0 Å². The molecule has 2 heterocycles. The van der Waals surface area contributed by atoms with Gasteiger partial charge in [-0.25, -0.2) is 0 Å². The number of piperidine rings is 1. The maximum atomic E-state index is 12.9. The van der Waals surface area contributed by atoms with Crippen molar-refractivity contribution >= 4 is 26.7 Å². The molecule has 0 atom stereocenters. The summed E-state index contributed by atoms with van der Waals surface area (Å²) in [6, 6.07) is 8.07. The second-order valence-electron chi connectivity index (χ2n) is 10.1. The molecule has 1 aromatic carbocycles. The van der Waals surface area contributed by atoms with E-state index in [1.54, 1.807) is 0 Å². The van der Waals surface area contributed by atoms with Gasteiger partial charge in [-0.15, -0.1) is 4.40 Å². The summed E-state index contributed by atoms with van der Waals surface area (Å²) in [7, 11) is -3.73. The molecule has 1 aromatic rings. The summed E-state index contributed by atoms with van der Waals surface area (Å²) in [6.07, 6.45) is 8.57. The lowest BCUT2D eigenvalue weighted by atomic mass is 9.94. The van der Waals surface area contributed by atoms with Crippen LogP contribution in [0, 0.1) is 5.92 Å². The molecular weight excluding hydrogens is 434 g/mol. The van der Waals surface area contributed by atoms with Gasteiger partial charge < -0.3 is 10.2 Å². The maximum absolute atomic E-state index is 12.9. The van der Waals surface area contributed by atoms with Crippen LogP contribution in [0.1, 0.15) is 89.2 Å². The standard InChI is InChI=1S/C26H37N3O3S/c1-18(2)20-10-12-21(13-11-20)24-19(3)25(28-33(24,31)32)29-16-14-22(15-17-29)26(30)27-23-8-6-4-5-7-9-23/h10-13,18,22-23H,4-9,14-17H2,1-3H3,(H,27,30). The van der Waals surface area contributed by atoms with Gasteiger partial charge in [-0.1, -0.05) is 63.8 Å². The SMILES string of the molecule is CC1=C(c2ccc(C(C)C)cc2)S(=O)(=O)N=C1N1CCC(C(=O)NC2CCCCCC2)CC1. The van der Waals surface area contributed by atoms with Crippen molar-refractivity contribution in [1.29, 1.82) is 0 Å². The molecule has 7 heteroatoms. The molecule has 0 spiro atoms. The van der Waals surface area contributed by atoms with E-state index in [0.717, 1.165) is 25.7 Å². The Morgan fingerprint density at radius 3 is 2.18 bits per heavy atom. The molecule has 1 N–H and O–H groups in total. The molecule has 1 saturated carbocycles. The van der Waals surface area contributed by atoms with Crippen LogP contribution in [0.3, 0.4) is 0 Å². The predicted octanol–water partition coefficient (Wildman–Crippen LogP) is 4.83. The average molecular weight is 472 g/mol. The quantitative estimate of drug-likeness (QED) is 0.638. The Labute approximate surface area is 198 Å². The number of carbonyl (C=O) groups is 1. The van der Waals surface area contributed by atoms with Crippen molar-refractivity contribution in [2.24, 2.45) is 10.3 Å². The molecule has 1 amide bonds. The van der Waals surface area contributed by atoms with E-state index in [-0.39, 0.29) is 11.8 Å². The Morgan fingerprint density at radius 2 is 1.61 bits per heavy atom. The summed E-state index contributed by atoms with van der Waals surface area (Å²) < 4.78 is 30.0. The molecule has 1 aliphatic carbocycles. The summed E-state index contributed by atoms with van der Waals surface area (Å²) in [5.74, 6) is 1.10. The van der Waals surface area contributed by atoms with Gasteiger partial charge in [-0.05, 0) is 49.7 Å². The first kappa shape index (κ1) is 24.0. The minimum absolute atomic E-state index is 0.00422. The van der Waals surface area contributed by atoms with Crippen molar-refractivity contribution in [3.8, 4) is 0 Å². The topological polar surface area (TPSA) is 78.8 Å². The fraction of sp³-hybridized carbons (Fsp3) is 0.615. The third-order valence-electron chi connectivity index (χ3n) is 7.35. The molecule has 6 nitrogen and oxygen atoms in total. The molecule has 180 valence electrons. The number of hydrogen-bond donors (Lipinski definition) is 1. The van der Waals surface area contributed by atoms with Crippen LogP contribution in [0.4, 0.5) is 0 Å². The van der Waals surface area contributed by atoms with Gasteiger partial charge >= 0.3 is 0 Å².